The molecule has 1 heterocycles. The van der Waals surface area contributed by atoms with Crippen molar-refractivity contribution >= 4 is 5.91 Å². The predicted molar refractivity (Wildman–Crippen MR) is 70.8 cm³/mol. The highest BCUT2D eigenvalue weighted by Crippen LogP contribution is 2.19. The van der Waals surface area contributed by atoms with E-state index in [2.05, 4.69) is 10.4 Å². The highest BCUT2D eigenvalue weighted by Gasteiger charge is 2.09. The standard InChI is InChI=1S/C14H15N3O/c1-9-3-5-11(6-4-9)13-8-7-12(10(2)16-13)14(18)17-15/h3-8H,15H2,1-2H3,(H,17,18). The number of pyridine rings is 1. The first-order chi connectivity index (χ1) is 8.61. The molecule has 3 N–H and O–H groups in total. The van der Waals surface area contributed by atoms with E-state index in [0.717, 1.165) is 11.3 Å². The molecule has 92 valence electrons. The van der Waals surface area contributed by atoms with E-state index in [1.165, 1.54) is 5.56 Å². The topological polar surface area (TPSA) is 68.0 Å². The number of nitrogens with one attached hydrogen (secondary N) is 1. The van der Waals surface area contributed by atoms with Crippen molar-refractivity contribution in [2.24, 2.45) is 5.84 Å². The molecule has 0 bridgehead atoms. The summed E-state index contributed by atoms with van der Waals surface area (Å²) >= 11 is 0. The van der Waals surface area contributed by atoms with E-state index < -0.39 is 0 Å². The first-order valence-corrected chi connectivity index (χ1v) is 5.67. The van der Waals surface area contributed by atoms with Gasteiger partial charge in [-0.1, -0.05) is 29.8 Å². The Bertz CT molecular complexity index is 576. The molecular formula is C14H15N3O. The van der Waals surface area contributed by atoms with E-state index in [4.69, 9.17) is 5.84 Å². The van der Waals surface area contributed by atoms with Gasteiger partial charge < -0.3 is 0 Å². The van der Waals surface area contributed by atoms with Gasteiger partial charge in [-0.3, -0.25) is 15.2 Å². The SMILES string of the molecule is Cc1ccc(-c2ccc(C(=O)NN)c(C)n2)cc1. The largest absolute Gasteiger partial charge is 0.290 e. The van der Waals surface area contributed by atoms with Gasteiger partial charge in [-0.2, -0.15) is 0 Å². The normalized spacial score (nSPS) is 10.2. The summed E-state index contributed by atoms with van der Waals surface area (Å²) in [4.78, 5) is 15.9. The summed E-state index contributed by atoms with van der Waals surface area (Å²) in [5.74, 6) is 4.79. The molecule has 18 heavy (non-hydrogen) atoms. The highest BCUT2D eigenvalue weighted by molar-refractivity contribution is 5.95. The number of nitrogen functional groups attached to an aromatic ring is 1. The number of rotatable bonds is 2. The number of carbonyl (C=O) groups excluding carboxylic acids is 1. The summed E-state index contributed by atoms with van der Waals surface area (Å²) in [5, 5.41) is 0. The van der Waals surface area contributed by atoms with Crippen LogP contribution in [0.4, 0.5) is 0 Å². The van der Waals surface area contributed by atoms with Gasteiger partial charge in [0.15, 0.2) is 0 Å². The second-order valence-electron chi connectivity index (χ2n) is 4.17. The minimum Gasteiger partial charge on any atom is -0.290 e. The molecule has 2 rings (SSSR count). The van der Waals surface area contributed by atoms with Gasteiger partial charge in [-0.25, -0.2) is 5.84 Å². The molecule has 0 aliphatic carbocycles. The molecule has 0 atom stereocenters. The number of amides is 1. The third-order valence-electron chi connectivity index (χ3n) is 2.81. The van der Waals surface area contributed by atoms with Gasteiger partial charge in [0.25, 0.3) is 5.91 Å². The lowest BCUT2D eigenvalue weighted by molar-refractivity contribution is 0.0952. The van der Waals surface area contributed by atoms with E-state index in [9.17, 15) is 4.79 Å². The van der Waals surface area contributed by atoms with Crippen LogP contribution in [0.5, 0.6) is 0 Å². The Labute approximate surface area is 106 Å². The van der Waals surface area contributed by atoms with Crippen LogP contribution in [0, 0.1) is 13.8 Å². The second-order valence-corrected chi connectivity index (χ2v) is 4.17. The zero-order valence-electron chi connectivity index (χ0n) is 10.4. The molecule has 4 nitrogen and oxygen atoms in total. The Hall–Kier alpha value is -2.20. The monoisotopic (exact) mass is 241 g/mol. The van der Waals surface area contributed by atoms with Crippen molar-refractivity contribution in [1.82, 2.24) is 10.4 Å². The summed E-state index contributed by atoms with van der Waals surface area (Å²) in [6.45, 7) is 3.83. The molecule has 0 aliphatic heterocycles. The maximum absolute atomic E-state index is 11.5. The van der Waals surface area contributed by atoms with Crippen LogP contribution < -0.4 is 11.3 Å². The predicted octanol–water partition coefficient (Wildman–Crippen LogP) is 1.97. The number of benzene rings is 1. The fourth-order valence-corrected chi connectivity index (χ4v) is 1.76. The third-order valence-corrected chi connectivity index (χ3v) is 2.81. The highest BCUT2D eigenvalue weighted by atomic mass is 16.2. The molecule has 0 radical (unpaired) electrons. The molecule has 0 saturated carbocycles. The van der Waals surface area contributed by atoms with Crippen LogP contribution in [0.2, 0.25) is 0 Å². The average Bonchev–Trinajstić information content (AvgIpc) is 2.38. The smallest absolute Gasteiger partial charge is 0.267 e. The number of nitrogens with zero attached hydrogens (tertiary/aromatic N) is 1. The number of carbonyl (C=O) groups is 1. The summed E-state index contributed by atoms with van der Waals surface area (Å²) in [6.07, 6.45) is 0. The van der Waals surface area contributed by atoms with Gasteiger partial charge in [0, 0.05) is 5.56 Å². The van der Waals surface area contributed by atoms with Crippen LogP contribution in [0.1, 0.15) is 21.6 Å². The number of hydrogen-bond donors (Lipinski definition) is 2. The minimum atomic E-state index is -0.324. The van der Waals surface area contributed by atoms with Gasteiger partial charge >= 0.3 is 0 Å². The van der Waals surface area contributed by atoms with Crippen molar-refractivity contribution in [3.8, 4) is 11.3 Å². The van der Waals surface area contributed by atoms with Crippen molar-refractivity contribution < 1.29 is 4.79 Å². The fourth-order valence-electron chi connectivity index (χ4n) is 1.76. The van der Waals surface area contributed by atoms with Crippen LogP contribution in [0.25, 0.3) is 11.3 Å². The summed E-state index contributed by atoms with van der Waals surface area (Å²) < 4.78 is 0. The van der Waals surface area contributed by atoms with Gasteiger partial charge in [-0.15, -0.1) is 0 Å². The molecule has 0 saturated heterocycles. The van der Waals surface area contributed by atoms with Crippen molar-refractivity contribution in [2.75, 3.05) is 0 Å². The van der Waals surface area contributed by atoms with E-state index in [-0.39, 0.29) is 5.91 Å². The van der Waals surface area contributed by atoms with Crippen LogP contribution in [-0.2, 0) is 0 Å². The molecular weight excluding hydrogens is 226 g/mol. The molecule has 0 spiro atoms. The summed E-state index contributed by atoms with van der Waals surface area (Å²) in [7, 11) is 0. The Morgan fingerprint density at radius 1 is 1.11 bits per heavy atom. The maximum atomic E-state index is 11.5. The Morgan fingerprint density at radius 3 is 2.33 bits per heavy atom. The molecule has 0 unspecified atom stereocenters. The van der Waals surface area contributed by atoms with E-state index in [0.29, 0.717) is 11.3 Å². The van der Waals surface area contributed by atoms with Crippen molar-refractivity contribution in [2.45, 2.75) is 13.8 Å². The van der Waals surface area contributed by atoms with E-state index in [1.807, 2.05) is 37.3 Å². The minimum absolute atomic E-state index is 0.324. The Balaban J connectivity index is 2.40. The number of hydrazine groups is 1. The fraction of sp³-hybridized carbons (Fsp3) is 0.143. The van der Waals surface area contributed by atoms with E-state index in [1.54, 1.807) is 13.0 Å². The summed E-state index contributed by atoms with van der Waals surface area (Å²) in [5.41, 5.74) is 6.35. The lowest BCUT2D eigenvalue weighted by Gasteiger charge is -2.07. The number of hydrogen-bond acceptors (Lipinski definition) is 3. The molecule has 2 aromatic rings. The van der Waals surface area contributed by atoms with E-state index >= 15 is 0 Å². The molecule has 0 aliphatic rings. The van der Waals surface area contributed by atoms with Gasteiger partial charge in [0.2, 0.25) is 0 Å². The molecule has 1 amide bonds. The molecule has 1 aromatic heterocycles. The first kappa shape index (κ1) is 12.3. The quantitative estimate of drug-likeness (QED) is 0.480. The number of aryl methyl sites for hydroxylation is 2. The van der Waals surface area contributed by atoms with Crippen molar-refractivity contribution in [3.63, 3.8) is 0 Å². The Kier molecular flexibility index (Phi) is 3.39. The van der Waals surface area contributed by atoms with Gasteiger partial charge in [-0.05, 0) is 26.0 Å². The van der Waals surface area contributed by atoms with Crippen LogP contribution in [-0.4, -0.2) is 10.9 Å². The molecule has 4 heteroatoms. The van der Waals surface area contributed by atoms with Gasteiger partial charge in [0.1, 0.15) is 0 Å². The first-order valence-electron chi connectivity index (χ1n) is 5.67. The lowest BCUT2D eigenvalue weighted by Crippen LogP contribution is -2.30. The molecule has 1 aromatic carbocycles. The number of aromatic nitrogens is 1. The van der Waals surface area contributed by atoms with Crippen LogP contribution in [0.15, 0.2) is 36.4 Å². The van der Waals surface area contributed by atoms with Crippen LogP contribution in [0.3, 0.4) is 0 Å². The third kappa shape index (κ3) is 2.38. The number of nitrogens with two attached hydrogens (primary N) is 1. The Morgan fingerprint density at radius 2 is 1.78 bits per heavy atom. The van der Waals surface area contributed by atoms with Crippen molar-refractivity contribution in [3.05, 3.63) is 53.2 Å². The van der Waals surface area contributed by atoms with Gasteiger partial charge in [0.05, 0.1) is 17.0 Å². The zero-order chi connectivity index (χ0) is 13.1. The molecule has 0 fully saturated rings. The summed E-state index contributed by atoms with van der Waals surface area (Å²) in [6, 6.07) is 11.7. The van der Waals surface area contributed by atoms with Crippen molar-refractivity contribution in [1.29, 1.82) is 0 Å². The average molecular weight is 241 g/mol. The zero-order valence-corrected chi connectivity index (χ0v) is 10.4. The second kappa shape index (κ2) is 4.98. The lowest BCUT2D eigenvalue weighted by atomic mass is 10.1. The van der Waals surface area contributed by atoms with Crippen LogP contribution >= 0.6 is 0 Å². The maximum Gasteiger partial charge on any atom is 0.267 e.